The lowest BCUT2D eigenvalue weighted by Gasteiger charge is -2.30. The molecule has 6 nitrogen and oxygen atoms in total. The largest absolute Gasteiger partial charge is 0.444 e. The van der Waals surface area contributed by atoms with Crippen LogP contribution in [-0.4, -0.2) is 40.6 Å². The number of rotatable bonds is 8. The van der Waals surface area contributed by atoms with E-state index in [1.807, 2.05) is 68.4 Å². The number of benzene rings is 2. The first-order valence-electron chi connectivity index (χ1n) is 12.1. The maximum atomic E-state index is 13.2. The third kappa shape index (κ3) is 9.74. The van der Waals surface area contributed by atoms with Crippen molar-refractivity contribution in [3.8, 4) is 0 Å². The van der Waals surface area contributed by atoms with Crippen molar-refractivity contribution in [2.75, 3.05) is 12.4 Å². The first-order chi connectivity index (χ1) is 17.2. The summed E-state index contributed by atoms with van der Waals surface area (Å²) >= 11 is 1.73. The number of carbonyl (C=O) groups is 2. The van der Waals surface area contributed by atoms with Crippen molar-refractivity contribution in [3.05, 3.63) is 90.3 Å². The van der Waals surface area contributed by atoms with Crippen LogP contribution in [0.1, 0.15) is 45.7 Å². The average molecular weight is 508 g/mol. The molecule has 0 aliphatic carbocycles. The van der Waals surface area contributed by atoms with Crippen LogP contribution in [-0.2, 0) is 21.7 Å². The minimum atomic E-state index is -0.758. The molecule has 0 saturated carbocycles. The summed E-state index contributed by atoms with van der Waals surface area (Å²) in [6.45, 7) is 9.39. The van der Waals surface area contributed by atoms with Crippen LogP contribution in [0.5, 0.6) is 0 Å². The second-order valence-electron chi connectivity index (χ2n) is 8.96. The van der Waals surface area contributed by atoms with E-state index in [2.05, 4.69) is 22.4 Å². The molecule has 192 valence electrons. The van der Waals surface area contributed by atoms with Gasteiger partial charge in [-0.05, 0) is 62.2 Å². The molecular weight excluding hydrogens is 470 g/mol. The Morgan fingerprint density at radius 2 is 1.61 bits per heavy atom. The molecule has 36 heavy (non-hydrogen) atoms. The van der Waals surface area contributed by atoms with E-state index in [0.717, 1.165) is 16.2 Å². The molecule has 1 heterocycles. The molecule has 0 saturated heterocycles. The quantitative estimate of drug-likeness (QED) is 0.339. The van der Waals surface area contributed by atoms with E-state index >= 15 is 0 Å². The number of pyridine rings is 1. The first kappa shape index (κ1) is 28.9. The zero-order valence-corrected chi connectivity index (χ0v) is 22.8. The van der Waals surface area contributed by atoms with Gasteiger partial charge in [0.05, 0.1) is 0 Å². The van der Waals surface area contributed by atoms with E-state index < -0.39 is 17.7 Å². The highest BCUT2D eigenvalue weighted by atomic mass is 32.2. The van der Waals surface area contributed by atoms with Gasteiger partial charge in [0.2, 0.25) is 5.91 Å². The van der Waals surface area contributed by atoms with Crippen molar-refractivity contribution >= 4 is 29.4 Å². The van der Waals surface area contributed by atoms with Gasteiger partial charge < -0.3 is 10.1 Å². The molecule has 0 radical (unpaired) electrons. The summed E-state index contributed by atoms with van der Waals surface area (Å²) < 4.78 is 5.49. The van der Waals surface area contributed by atoms with Gasteiger partial charge in [0.25, 0.3) is 0 Å². The van der Waals surface area contributed by atoms with Gasteiger partial charge >= 0.3 is 6.09 Å². The third-order valence-corrected chi connectivity index (χ3v) is 6.06. The second-order valence-corrected chi connectivity index (χ2v) is 10.0. The molecule has 3 rings (SSSR count). The lowest BCUT2D eigenvalue weighted by atomic mass is 10.1. The summed E-state index contributed by atoms with van der Waals surface area (Å²) in [6, 6.07) is 20.9. The lowest BCUT2D eigenvalue weighted by Crippen LogP contribution is -2.48. The maximum absolute atomic E-state index is 13.2. The highest BCUT2D eigenvalue weighted by molar-refractivity contribution is 7.98. The Bertz CT molecular complexity index is 1070. The van der Waals surface area contributed by atoms with E-state index in [1.54, 1.807) is 52.0 Å². The number of amides is 2. The van der Waals surface area contributed by atoms with Gasteiger partial charge in [-0.2, -0.15) is 0 Å². The number of aromatic nitrogens is 1. The zero-order valence-electron chi connectivity index (χ0n) is 22.0. The van der Waals surface area contributed by atoms with E-state index in [1.165, 1.54) is 10.5 Å². The molecule has 0 aliphatic rings. The topological polar surface area (TPSA) is 71.5 Å². The summed E-state index contributed by atoms with van der Waals surface area (Å²) in [7, 11) is 1.58. The standard InChI is InChI=1S/C27H31N3O3S.C2H6/c1-27(2,3)33-26(32)30(4)24(17-21-11-8-16-28-18-21)25(31)29-22-12-14-23(15-13-22)34-19-20-9-6-5-7-10-20;1-2/h5-16,18,24H,17,19H2,1-4H3,(H,29,31);1-2H3. The third-order valence-electron chi connectivity index (χ3n) is 4.97. The molecule has 0 fully saturated rings. The number of nitrogens with zero attached hydrogens (tertiary/aromatic N) is 2. The molecule has 1 unspecified atom stereocenters. The Labute approximate surface area is 219 Å². The van der Waals surface area contributed by atoms with Crippen LogP contribution in [0.15, 0.2) is 84.0 Å². The fourth-order valence-electron chi connectivity index (χ4n) is 3.21. The van der Waals surface area contributed by atoms with Gasteiger partial charge in [0.1, 0.15) is 11.6 Å². The summed E-state index contributed by atoms with van der Waals surface area (Å²) in [5.74, 6) is 0.586. The smallest absolute Gasteiger partial charge is 0.410 e. The molecule has 7 heteroatoms. The van der Waals surface area contributed by atoms with Crippen LogP contribution in [0.2, 0.25) is 0 Å². The maximum Gasteiger partial charge on any atom is 0.410 e. The molecule has 2 aromatic carbocycles. The molecule has 2 amide bonds. The van der Waals surface area contributed by atoms with E-state index in [9.17, 15) is 9.59 Å². The number of nitrogens with one attached hydrogen (secondary N) is 1. The number of thioether (sulfide) groups is 1. The van der Waals surface area contributed by atoms with Crippen molar-refractivity contribution in [3.63, 3.8) is 0 Å². The Morgan fingerprint density at radius 3 is 2.19 bits per heavy atom. The van der Waals surface area contributed by atoms with Gasteiger partial charge in [0.15, 0.2) is 0 Å². The van der Waals surface area contributed by atoms with Crippen LogP contribution in [0.25, 0.3) is 0 Å². The lowest BCUT2D eigenvalue weighted by molar-refractivity contribution is -0.120. The number of likely N-dealkylation sites (N-methyl/N-ethyl adjacent to an activating group) is 1. The molecule has 0 aliphatic heterocycles. The molecular formula is C29H37N3O3S. The van der Waals surface area contributed by atoms with Crippen LogP contribution >= 0.6 is 11.8 Å². The first-order valence-corrected chi connectivity index (χ1v) is 13.1. The summed E-state index contributed by atoms with van der Waals surface area (Å²) in [6.07, 6.45) is 3.14. The normalized spacial score (nSPS) is 11.5. The molecule has 1 atom stereocenters. The summed E-state index contributed by atoms with van der Waals surface area (Å²) in [5, 5.41) is 2.94. The molecule has 3 aromatic rings. The number of anilines is 1. The Morgan fingerprint density at radius 1 is 0.972 bits per heavy atom. The molecule has 1 N–H and O–H groups in total. The number of hydrogen-bond acceptors (Lipinski definition) is 5. The molecule has 0 spiro atoms. The zero-order chi connectivity index (χ0) is 26.6. The Hall–Kier alpha value is -3.32. The van der Waals surface area contributed by atoms with E-state index in [-0.39, 0.29) is 5.91 Å². The predicted octanol–water partition coefficient (Wildman–Crippen LogP) is 6.82. The Balaban J connectivity index is 0.00000222. The van der Waals surface area contributed by atoms with Crippen molar-refractivity contribution in [2.24, 2.45) is 0 Å². The average Bonchev–Trinajstić information content (AvgIpc) is 2.88. The Kier molecular flexibility index (Phi) is 11.5. The molecule has 1 aromatic heterocycles. The number of hydrogen-bond donors (Lipinski definition) is 1. The summed E-state index contributed by atoms with van der Waals surface area (Å²) in [4.78, 5) is 32.5. The fraction of sp³-hybridized carbons (Fsp3) is 0.345. The van der Waals surface area contributed by atoms with E-state index in [0.29, 0.717) is 12.1 Å². The van der Waals surface area contributed by atoms with Crippen molar-refractivity contribution in [2.45, 2.75) is 63.3 Å². The number of ether oxygens (including phenoxy) is 1. The minimum absolute atomic E-state index is 0.290. The van der Waals surface area contributed by atoms with Crippen LogP contribution in [0.4, 0.5) is 10.5 Å². The van der Waals surface area contributed by atoms with Crippen LogP contribution in [0.3, 0.4) is 0 Å². The van der Waals surface area contributed by atoms with Gasteiger partial charge in [0, 0.05) is 42.2 Å². The predicted molar refractivity (Wildman–Crippen MR) is 148 cm³/mol. The fourth-order valence-corrected chi connectivity index (χ4v) is 4.06. The second kappa shape index (κ2) is 14.3. The van der Waals surface area contributed by atoms with Gasteiger partial charge in [-0.15, -0.1) is 11.8 Å². The van der Waals surface area contributed by atoms with Crippen LogP contribution < -0.4 is 5.32 Å². The van der Waals surface area contributed by atoms with Crippen molar-refractivity contribution in [1.82, 2.24) is 9.88 Å². The minimum Gasteiger partial charge on any atom is -0.444 e. The SMILES string of the molecule is CC.CN(C(=O)OC(C)(C)C)C(Cc1cccnc1)C(=O)Nc1ccc(SCc2ccccc2)cc1. The van der Waals surface area contributed by atoms with Crippen LogP contribution in [0, 0.1) is 0 Å². The monoisotopic (exact) mass is 507 g/mol. The molecule has 0 bridgehead atoms. The highest BCUT2D eigenvalue weighted by Gasteiger charge is 2.30. The summed E-state index contributed by atoms with van der Waals surface area (Å²) in [5.41, 5.74) is 2.12. The van der Waals surface area contributed by atoms with Gasteiger partial charge in [-0.3, -0.25) is 14.7 Å². The number of carbonyl (C=O) groups excluding carboxylic acids is 2. The van der Waals surface area contributed by atoms with Gasteiger partial charge in [-0.1, -0.05) is 50.2 Å². The van der Waals surface area contributed by atoms with E-state index in [4.69, 9.17) is 4.74 Å². The highest BCUT2D eigenvalue weighted by Crippen LogP contribution is 2.24. The van der Waals surface area contributed by atoms with Gasteiger partial charge in [-0.25, -0.2) is 4.79 Å². The van der Waals surface area contributed by atoms with Crippen molar-refractivity contribution < 1.29 is 14.3 Å². The van der Waals surface area contributed by atoms with Crippen molar-refractivity contribution in [1.29, 1.82) is 0 Å².